The number of hydrogen-bond acceptors (Lipinski definition) is 4. The second-order valence-electron chi connectivity index (χ2n) is 7.95. The summed E-state index contributed by atoms with van der Waals surface area (Å²) in [5, 5.41) is 4.16. The lowest BCUT2D eigenvalue weighted by Crippen LogP contribution is -2.47. The van der Waals surface area contributed by atoms with Crippen LogP contribution in [-0.4, -0.2) is 69.6 Å². The maximum atomic E-state index is 6.36. The van der Waals surface area contributed by atoms with E-state index in [9.17, 15) is 0 Å². The molecule has 1 N–H and O–H groups in total. The lowest BCUT2D eigenvalue weighted by Gasteiger charge is -2.35. The van der Waals surface area contributed by atoms with Crippen molar-refractivity contribution >= 4 is 41.5 Å². The first-order valence-electron chi connectivity index (χ1n) is 11.3. The van der Waals surface area contributed by atoms with Crippen LogP contribution in [-0.2, 0) is 15.9 Å². The Kier molecular flexibility index (Phi) is 12.3. The Morgan fingerprint density at radius 2 is 2.06 bits per heavy atom. The molecule has 2 aliphatic rings. The standard InChI is InChI=1S/C23H36ClN3O3.HI/c1-3-25-23(26-12-9-18-7-8-20(28-2)16-22(18)24)27-13-10-19(11-14-27)30-17-21-6-4-5-15-29-21;/h7-8,16,19,21H,3-6,9-15,17H2,1-2H3,(H,25,26);1H. The van der Waals surface area contributed by atoms with Crippen LogP contribution in [0.3, 0.4) is 0 Å². The van der Waals surface area contributed by atoms with Gasteiger partial charge in [0.05, 0.1) is 25.9 Å². The first-order chi connectivity index (χ1) is 14.7. The smallest absolute Gasteiger partial charge is 0.193 e. The molecule has 1 aromatic rings. The topological polar surface area (TPSA) is 55.3 Å². The van der Waals surface area contributed by atoms with E-state index in [0.29, 0.717) is 18.8 Å². The van der Waals surface area contributed by atoms with E-state index < -0.39 is 0 Å². The molecule has 3 rings (SSSR count). The maximum absolute atomic E-state index is 6.36. The Balaban J connectivity index is 0.00000341. The zero-order valence-electron chi connectivity index (χ0n) is 18.8. The number of hydrogen-bond donors (Lipinski definition) is 1. The van der Waals surface area contributed by atoms with Crippen molar-refractivity contribution in [1.29, 1.82) is 0 Å². The van der Waals surface area contributed by atoms with Gasteiger partial charge in [0.2, 0.25) is 0 Å². The number of benzene rings is 1. The molecule has 176 valence electrons. The first-order valence-corrected chi connectivity index (χ1v) is 11.7. The Bertz CT molecular complexity index is 678. The van der Waals surface area contributed by atoms with Crippen molar-refractivity contribution in [1.82, 2.24) is 10.2 Å². The van der Waals surface area contributed by atoms with Gasteiger partial charge in [-0.25, -0.2) is 0 Å². The maximum Gasteiger partial charge on any atom is 0.193 e. The van der Waals surface area contributed by atoms with Crippen molar-refractivity contribution in [2.75, 3.05) is 46.5 Å². The van der Waals surface area contributed by atoms with Gasteiger partial charge < -0.3 is 24.4 Å². The predicted octanol–water partition coefficient (Wildman–Crippen LogP) is 4.52. The highest BCUT2D eigenvalue weighted by atomic mass is 127. The molecule has 0 amide bonds. The molecular weight excluding hydrogens is 529 g/mol. The summed E-state index contributed by atoms with van der Waals surface area (Å²) in [7, 11) is 1.65. The van der Waals surface area contributed by atoms with E-state index in [4.69, 9.17) is 30.8 Å². The summed E-state index contributed by atoms with van der Waals surface area (Å²) in [5.41, 5.74) is 1.09. The van der Waals surface area contributed by atoms with E-state index in [-0.39, 0.29) is 24.0 Å². The molecule has 8 heteroatoms. The average Bonchev–Trinajstić information content (AvgIpc) is 2.79. The molecule has 2 heterocycles. The Hall–Kier alpha value is -0.770. The van der Waals surface area contributed by atoms with Crippen LogP contribution in [0.2, 0.25) is 5.02 Å². The molecule has 6 nitrogen and oxygen atoms in total. The monoisotopic (exact) mass is 565 g/mol. The number of ether oxygens (including phenoxy) is 3. The minimum atomic E-state index is 0. The highest BCUT2D eigenvalue weighted by Gasteiger charge is 2.23. The molecule has 0 aliphatic carbocycles. The van der Waals surface area contributed by atoms with Crippen LogP contribution in [0.25, 0.3) is 0 Å². The van der Waals surface area contributed by atoms with E-state index in [0.717, 1.165) is 80.8 Å². The molecule has 0 saturated carbocycles. The number of piperidine rings is 1. The van der Waals surface area contributed by atoms with Gasteiger partial charge in [0, 0.05) is 37.8 Å². The molecule has 0 spiro atoms. The van der Waals surface area contributed by atoms with Crippen LogP contribution in [0.15, 0.2) is 23.2 Å². The Morgan fingerprint density at radius 3 is 2.71 bits per heavy atom. The van der Waals surface area contributed by atoms with Crippen LogP contribution in [0.5, 0.6) is 5.75 Å². The molecule has 2 saturated heterocycles. The minimum Gasteiger partial charge on any atom is -0.497 e. The van der Waals surface area contributed by atoms with Crippen molar-refractivity contribution in [2.45, 2.75) is 57.7 Å². The highest BCUT2D eigenvalue weighted by molar-refractivity contribution is 14.0. The second-order valence-corrected chi connectivity index (χ2v) is 8.36. The summed E-state index contributed by atoms with van der Waals surface area (Å²) in [4.78, 5) is 7.18. The third-order valence-electron chi connectivity index (χ3n) is 5.77. The van der Waals surface area contributed by atoms with E-state index in [1.807, 2.05) is 18.2 Å². The number of aliphatic imine (C=N–C) groups is 1. The van der Waals surface area contributed by atoms with E-state index in [1.54, 1.807) is 7.11 Å². The van der Waals surface area contributed by atoms with Gasteiger partial charge in [0.1, 0.15) is 5.75 Å². The highest BCUT2D eigenvalue weighted by Crippen LogP contribution is 2.23. The van der Waals surface area contributed by atoms with Crippen LogP contribution in [0, 0.1) is 0 Å². The minimum absolute atomic E-state index is 0. The molecule has 2 aliphatic heterocycles. The third-order valence-corrected chi connectivity index (χ3v) is 6.12. The number of guanidine groups is 1. The average molecular weight is 566 g/mol. The molecule has 31 heavy (non-hydrogen) atoms. The molecule has 1 unspecified atom stereocenters. The quantitative estimate of drug-likeness (QED) is 0.285. The van der Waals surface area contributed by atoms with Crippen molar-refractivity contribution in [3.05, 3.63) is 28.8 Å². The van der Waals surface area contributed by atoms with Gasteiger partial charge in [0.15, 0.2) is 5.96 Å². The van der Waals surface area contributed by atoms with Crippen molar-refractivity contribution in [3.8, 4) is 5.75 Å². The second kappa shape index (κ2) is 14.4. The molecule has 2 fully saturated rings. The fourth-order valence-electron chi connectivity index (χ4n) is 3.98. The Morgan fingerprint density at radius 1 is 1.26 bits per heavy atom. The number of likely N-dealkylation sites (tertiary alicyclic amines) is 1. The number of halogens is 2. The summed E-state index contributed by atoms with van der Waals surface area (Å²) in [6, 6.07) is 5.82. The lowest BCUT2D eigenvalue weighted by atomic mass is 10.1. The van der Waals surface area contributed by atoms with Gasteiger partial charge in [-0.3, -0.25) is 4.99 Å². The molecule has 0 aromatic heterocycles. The van der Waals surface area contributed by atoms with Crippen LogP contribution in [0.4, 0.5) is 0 Å². The number of rotatable bonds is 8. The number of nitrogens with zero attached hydrogens (tertiary/aromatic N) is 2. The fourth-order valence-corrected chi connectivity index (χ4v) is 4.25. The Labute approximate surface area is 209 Å². The molecule has 1 atom stereocenters. The molecule has 0 bridgehead atoms. The van der Waals surface area contributed by atoms with Gasteiger partial charge in [0.25, 0.3) is 0 Å². The van der Waals surface area contributed by atoms with Gasteiger partial charge in [-0.15, -0.1) is 24.0 Å². The summed E-state index contributed by atoms with van der Waals surface area (Å²) in [6.07, 6.45) is 7.06. The zero-order valence-corrected chi connectivity index (χ0v) is 21.9. The van der Waals surface area contributed by atoms with Crippen LogP contribution >= 0.6 is 35.6 Å². The van der Waals surface area contributed by atoms with E-state index in [1.165, 1.54) is 12.8 Å². The molecule has 1 aromatic carbocycles. The van der Waals surface area contributed by atoms with Gasteiger partial charge >= 0.3 is 0 Å². The number of nitrogens with one attached hydrogen (secondary N) is 1. The summed E-state index contributed by atoms with van der Waals surface area (Å²) in [5.74, 6) is 1.76. The van der Waals surface area contributed by atoms with Gasteiger partial charge in [-0.1, -0.05) is 17.7 Å². The van der Waals surface area contributed by atoms with Crippen molar-refractivity contribution in [3.63, 3.8) is 0 Å². The first kappa shape index (κ1) is 26.5. The summed E-state index contributed by atoms with van der Waals surface area (Å²) < 4.78 is 17.1. The van der Waals surface area contributed by atoms with E-state index in [2.05, 4.69) is 17.1 Å². The van der Waals surface area contributed by atoms with Crippen molar-refractivity contribution < 1.29 is 14.2 Å². The normalized spacial score (nSPS) is 20.3. The third kappa shape index (κ3) is 8.59. The van der Waals surface area contributed by atoms with Crippen LogP contribution < -0.4 is 10.1 Å². The van der Waals surface area contributed by atoms with Gasteiger partial charge in [-0.05, 0) is 63.1 Å². The number of methoxy groups -OCH3 is 1. The fraction of sp³-hybridized carbons (Fsp3) is 0.696. The van der Waals surface area contributed by atoms with Gasteiger partial charge in [-0.2, -0.15) is 0 Å². The SMILES string of the molecule is CCNC(=NCCc1ccc(OC)cc1Cl)N1CCC(OCC2CCCCO2)CC1.I. The molecular formula is C23H37ClIN3O3. The molecule has 0 radical (unpaired) electrons. The van der Waals surface area contributed by atoms with Crippen LogP contribution in [0.1, 0.15) is 44.6 Å². The largest absolute Gasteiger partial charge is 0.497 e. The summed E-state index contributed by atoms with van der Waals surface area (Å²) >= 11 is 6.36. The summed E-state index contributed by atoms with van der Waals surface area (Å²) in [6.45, 7) is 7.21. The van der Waals surface area contributed by atoms with E-state index >= 15 is 0 Å². The lowest BCUT2D eigenvalue weighted by molar-refractivity contribution is -0.0721. The predicted molar refractivity (Wildman–Crippen MR) is 137 cm³/mol. The zero-order chi connectivity index (χ0) is 21.2. The van der Waals surface area contributed by atoms with Crippen molar-refractivity contribution in [2.24, 2.45) is 4.99 Å².